The third-order valence-corrected chi connectivity index (χ3v) is 5.61. The summed E-state index contributed by atoms with van der Waals surface area (Å²) in [5.74, 6) is 1.70. The Morgan fingerprint density at radius 2 is 2.25 bits per heavy atom. The highest BCUT2D eigenvalue weighted by Crippen LogP contribution is 2.21. The maximum Gasteiger partial charge on any atom is 0.282 e. The van der Waals surface area contributed by atoms with Gasteiger partial charge in [-0.3, -0.25) is 0 Å². The van der Waals surface area contributed by atoms with Gasteiger partial charge in [0.2, 0.25) is 0 Å². The van der Waals surface area contributed by atoms with Crippen molar-refractivity contribution in [3.63, 3.8) is 0 Å². The van der Waals surface area contributed by atoms with Crippen molar-refractivity contribution in [1.82, 2.24) is 8.61 Å². The van der Waals surface area contributed by atoms with Crippen LogP contribution in [-0.4, -0.2) is 43.7 Å². The monoisotopic (exact) mass is 301 g/mol. The average Bonchev–Trinajstić information content (AvgIpc) is 2.84. The fourth-order valence-corrected chi connectivity index (χ4v) is 3.94. The molecular formula is C13H23N3O3S. The SMILES string of the molecule is Cc1ccc(CN(C)S(=O)(=O)N2CCCC(CN)C2)o1. The van der Waals surface area contributed by atoms with Crippen LogP contribution in [0.4, 0.5) is 0 Å². The largest absolute Gasteiger partial charge is 0.465 e. The van der Waals surface area contributed by atoms with Crippen LogP contribution < -0.4 is 5.73 Å². The van der Waals surface area contributed by atoms with E-state index in [4.69, 9.17) is 10.2 Å². The van der Waals surface area contributed by atoms with E-state index in [0.29, 0.717) is 25.4 Å². The molecular weight excluding hydrogens is 278 g/mol. The van der Waals surface area contributed by atoms with Gasteiger partial charge in [-0.1, -0.05) is 0 Å². The Bertz CT molecular complexity index is 541. The first-order valence-electron chi connectivity index (χ1n) is 6.90. The minimum atomic E-state index is -3.44. The Kier molecular flexibility index (Phi) is 4.85. The van der Waals surface area contributed by atoms with Gasteiger partial charge in [-0.15, -0.1) is 0 Å². The third-order valence-electron chi connectivity index (χ3n) is 3.71. The molecule has 1 aromatic heterocycles. The van der Waals surface area contributed by atoms with Crippen LogP contribution in [0.25, 0.3) is 0 Å². The summed E-state index contributed by atoms with van der Waals surface area (Å²) in [4.78, 5) is 0. The maximum atomic E-state index is 12.5. The Hall–Kier alpha value is -0.890. The van der Waals surface area contributed by atoms with Gasteiger partial charge in [0.25, 0.3) is 10.2 Å². The lowest BCUT2D eigenvalue weighted by atomic mass is 10.0. The molecule has 0 radical (unpaired) electrons. The van der Waals surface area contributed by atoms with Crippen LogP contribution in [0, 0.1) is 12.8 Å². The van der Waals surface area contributed by atoms with Gasteiger partial charge < -0.3 is 10.2 Å². The molecule has 1 aliphatic rings. The minimum Gasteiger partial charge on any atom is -0.465 e. The van der Waals surface area contributed by atoms with Gasteiger partial charge in [-0.25, -0.2) is 0 Å². The lowest BCUT2D eigenvalue weighted by Crippen LogP contribution is -2.47. The third kappa shape index (κ3) is 3.41. The van der Waals surface area contributed by atoms with E-state index in [1.165, 1.54) is 8.61 Å². The molecule has 0 spiro atoms. The second-order valence-corrected chi connectivity index (χ2v) is 7.41. The number of rotatable bonds is 5. The Morgan fingerprint density at radius 3 is 2.85 bits per heavy atom. The topological polar surface area (TPSA) is 79.8 Å². The first-order valence-corrected chi connectivity index (χ1v) is 8.30. The quantitative estimate of drug-likeness (QED) is 0.877. The summed E-state index contributed by atoms with van der Waals surface area (Å²) in [7, 11) is -1.86. The molecule has 1 fully saturated rings. The van der Waals surface area contributed by atoms with Crippen LogP contribution in [0.15, 0.2) is 16.5 Å². The molecule has 1 unspecified atom stereocenters. The number of furan rings is 1. The molecule has 1 atom stereocenters. The zero-order chi connectivity index (χ0) is 14.8. The van der Waals surface area contributed by atoms with Gasteiger partial charge in [0, 0.05) is 20.1 Å². The fourth-order valence-electron chi connectivity index (χ4n) is 2.50. The van der Waals surface area contributed by atoms with Crippen molar-refractivity contribution in [3.8, 4) is 0 Å². The van der Waals surface area contributed by atoms with E-state index in [1.807, 2.05) is 13.0 Å². The maximum absolute atomic E-state index is 12.5. The number of aryl methyl sites for hydroxylation is 1. The van der Waals surface area contributed by atoms with E-state index in [1.54, 1.807) is 13.1 Å². The predicted molar refractivity (Wildman–Crippen MR) is 77.2 cm³/mol. The molecule has 20 heavy (non-hydrogen) atoms. The Labute approximate surface area is 120 Å². The highest BCUT2D eigenvalue weighted by atomic mass is 32.2. The van der Waals surface area contributed by atoms with Gasteiger partial charge in [0.15, 0.2) is 0 Å². The van der Waals surface area contributed by atoms with Crippen molar-refractivity contribution in [2.24, 2.45) is 11.7 Å². The van der Waals surface area contributed by atoms with Gasteiger partial charge in [0.1, 0.15) is 11.5 Å². The van der Waals surface area contributed by atoms with Crippen LogP contribution in [0.3, 0.4) is 0 Å². The van der Waals surface area contributed by atoms with Crippen molar-refractivity contribution >= 4 is 10.2 Å². The summed E-state index contributed by atoms with van der Waals surface area (Å²) < 4.78 is 33.4. The molecule has 2 heterocycles. The zero-order valence-corrected chi connectivity index (χ0v) is 12.9. The lowest BCUT2D eigenvalue weighted by Gasteiger charge is -2.33. The summed E-state index contributed by atoms with van der Waals surface area (Å²) in [5.41, 5.74) is 5.66. The van der Waals surface area contributed by atoms with E-state index >= 15 is 0 Å². The Morgan fingerprint density at radius 1 is 1.50 bits per heavy atom. The van der Waals surface area contributed by atoms with Crippen LogP contribution in [0.5, 0.6) is 0 Å². The van der Waals surface area contributed by atoms with Crippen molar-refractivity contribution in [2.45, 2.75) is 26.3 Å². The average molecular weight is 301 g/mol. The summed E-state index contributed by atoms with van der Waals surface area (Å²) in [6.07, 6.45) is 1.87. The fraction of sp³-hybridized carbons (Fsp3) is 0.692. The molecule has 0 aliphatic carbocycles. The lowest BCUT2D eigenvalue weighted by molar-refractivity contribution is 0.252. The van der Waals surface area contributed by atoms with Crippen molar-refractivity contribution in [1.29, 1.82) is 0 Å². The predicted octanol–water partition coefficient (Wildman–Crippen LogP) is 0.935. The van der Waals surface area contributed by atoms with E-state index < -0.39 is 10.2 Å². The van der Waals surface area contributed by atoms with Crippen LogP contribution in [0.2, 0.25) is 0 Å². The van der Waals surface area contributed by atoms with Gasteiger partial charge >= 0.3 is 0 Å². The first kappa shape index (κ1) is 15.5. The van der Waals surface area contributed by atoms with Crippen molar-refractivity contribution < 1.29 is 12.8 Å². The molecule has 0 bridgehead atoms. The summed E-state index contributed by atoms with van der Waals surface area (Å²) in [6, 6.07) is 3.64. The van der Waals surface area contributed by atoms with Crippen LogP contribution in [0.1, 0.15) is 24.4 Å². The van der Waals surface area contributed by atoms with Crippen LogP contribution >= 0.6 is 0 Å². The highest BCUT2D eigenvalue weighted by molar-refractivity contribution is 7.86. The summed E-state index contributed by atoms with van der Waals surface area (Å²) >= 11 is 0. The second-order valence-electron chi connectivity index (χ2n) is 5.38. The van der Waals surface area contributed by atoms with Gasteiger partial charge in [-0.2, -0.15) is 17.0 Å². The Balaban J connectivity index is 2.05. The number of nitrogens with two attached hydrogens (primary N) is 1. The molecule has 0 saturated carbocycles. The molecule has 7 heteroatoms. The van der Waals surface area contributed by atoms with Crippen LogP contribution in [-0.2, 0) is 16.8 Å². The number of hydrogen-bond acceptors (Lipinski definition) is 4. The smallest absolute Gasteiger partial charge is 0.282 e. The number of piperidine rings is 1. The molecule has 1 aromatic rings. The van der Waals surface area contributed by atoms with Crippen molar-refractivity contribution in [2.75, 3.05) is 26.7 Å². The molecule has 1 saturated heterocycles. The van der Waals surface area contributed by atoms with E-state index in [2.05, 4.69) is 0 Å². The first-order chi connectivity index (χ1) is 9.43. The molecule has 0 amide bonds. The van der Waals surface area contributed by atoms with Gasteiger partial charge in [-0.05, 0) is 44.4 Å². The molecule has 1 aliphatic heterocycles. The molecule has 0 aromatic carbocycles. The van der Waals surface area contributed by atoms with E-state index in [0.717, 1.165) is 18.6 Å². The standard InChI is InChI=1S/C13H23N3O3S/c1-11-5-6-13(19-11)10-15(2)20(17,18)16-7-3-4-12(8-14)9-16/h5-6,12H,3-4,7-10,14H2,1-2H3. The normalized spacial score (nSPS) is 21.5. The van der Waals surface area contributed by atoms with Gasteiger partial charge in [0.05, 0.1) is 6.54 Å². The minimum absolute atomic E-state index is 0.250. The second kappa shape index (κ2) is 6.26. The number of nitrogens with zero attached hydrogens (tertiary/aromatic N) is 2. The molecule has 2 N–H and O–H groups in total. The number of hydrogen-bond donors (Lipinski definition) is 1. The van der Waals surface area contributed by atoms with E-state index in [-0.39, 0.29) is 12.5 Å². The zero-order valence-electron chi connectivity index (χ0n) is 12.1. The molecule has 2 rings (SSSR count). The molecule has 114 valence electrons. The summed E-state index contributed by atoms with van der Waals surface area (Å²) in [6.45, 7) is 3.71. The highest BCUT2D eigenvalue weighted by Gasteiger charge is 2.31. The van der Waals surface area contributed by atoms with E-state index in [9.17, 15) is 8.42 Å². The van der Waals surface area contributed by atoms with Crippen molar-refractivity contribution in [3.05, 3.63) is 23.7 Å². The summed E-state index contributed by atoms with van der Waals surface area (Å²) in [5, 5.41) is 0. The molecule has 6 nitrogen and oxygen atoms in total.